The van der Waals surface area contributed by atoms with Crippen LogP contribution in [0.15, 0.2) is 53.6 Å². The first kappa shape index (κ1) is 18.2. The highest BCUT2D eigenvalue weighted by Gasteiger charge is 2.29. The van der Waals surface area contributed by atoms with Gasteiger partial charge in [-0.3, -0.25) is 0 Å². The first-order valence-corrected chi connectivity index (χ1v) is 10.7. The number of para-hydroxylation sites is 1. The zero-order chi connectivity index (χ0) is 18.7. The van der Waals surface area contributed by atoms with Crippen molar-refractivity contribution in [2.75, 3.05) is 62.3 Å². The van der Waals surface area contributed by atoms with Crippen molar-refractivity contribution in [1.29, 1.82) is 0 Å². The van der Waals surface area contributed by atoms with Gasteiger partial charge in [-0.25, -0.2) is 13.4 Å². The standard InChI is InChI=1S/C19H24N4O3S/c24-27(25,18-6-7-19(20-16-18)22-12-14-26-15-13-22)23-10-8-21(9-11-23)17-4-2-1-3-5-17/h1-7,16H,8-15H2. The number of morpholine rings is 1. The number of ether oxygens (including phenoxy) is 1. The third-order valence-corrected chi connectivity index (χ3v) is 6.94. The van der Waals surface area contributed by atoms with Crippen LogP contribution in [0.5, 0.6) is 0 Å². The molecule has 0 aliphatic carbocycles. The lowest BCUT2D eigenvalue weighted by Gasteiger charge is -2.35. The molecule has 4 rings (SSSR count). The molecule has 0 unspecified atom stereocenters. The second-order valence-electron chi connectivity index (χ2n) is 6.68. The Balaban J connectivity index is 1.42. The van der Waals surface area contributed by atoms with Crippen molar-refractivity contribution in [2.24, 2.45) is 0 Å². The van der Waals surface area contributed by atoms with Crippen LogP contribution >= 0.6 is 0 Å². The van der Waals surface area contributed by atoms with Crippen LogP contribution < -0.4 is 9.80 Å². The molecule has 3 heterocycles. The molecule has 8 heteroatoms. The van der Waals surface area contributed by atoms with Crippen LogP contribution in [0.4, 0.5) is 11.5 Å². The number of nitrogens with zero attached hydrogens (tertiary/aromatic N) is 4. The molecule has 0 spiro atoms. The topological polar surface area (TPSA) is 66.0 Å². The lowest BCUT2D eigenvalue weighted by Crippen LogP contribution is -2.48. The van der Waals surface area contributed by atoms with Gasteiger partial charge in [0.2, 0.25) is 10.0 Å². The Morgan fingerprint density at radius 3 is 2.15 bits per heavy atom. The largest absolute Gasteiger partial charge is 0.378 e. The average molecular weight is 388 g/mol. The summed E-state index contributed by atoms with van der Waals surface area (Å²) in [5.41, 5.74) is 1.13. The fourth-order valence-corrected chi connectivity index (χ4v) is 4.85. The van der Waals surface area contributed by atoms with Gasteiger partial charge in [-0.15, -0.1) is 0 Å². The highest BCUT2D eigenvalue weighted by Crippen LogP contribution is 2.22. The monoisotopic (exact) mass is 388 g/mol. The molecule has 1 aromatic heterocycles. The van der Waals surface area contributed by atoms with Gasteiger partial charge in [-0.1, -0.05) is 18.2 Å². The first-order chi connectivity index (χ1) is 13.1. The van der Waals surface area contributed by atoms with E-state index < -0.39 is 10.0 Å². The van der Waals surface area contributed by atoms with Crippen molar-refractivity contribution in [2.45, 2.75) is 4.90 Å². The highest BCUT2D eigenvalue weighted by molar-refractivity contribution is 7.89. The third-order valence-electron chi connectivity index (χ3n) is 5.05. The van der Waals surface area contributed by atoms with Gasteiger partial charge in [0.25, 0.3) is 0 Å². The quantitative estimate of drug-likeness (QED) is 0.790. The molecule has 144 valence electrons. The maximum Gasteiger partial charge on any atom is 0.244 e. The van der Waals surface area contributed by atoms with Crippen LogP contribution in [0.25, 0.3) is 0 Å². The van der Waals surface area contributed by atoms with Crippen LogP contribution in [0.2, 0.25) is 0 Å². The van der Waals surface area contributed by atoms with E-state index >= 15 is 0 Å². The van der Waals surface area contributed by atoms with E-state index in [1.54, 1.807) is 16.4 Å². The van der Waals surface area contributed by atoms with Crippen molar-refractivity contribution in [3.63, 3.8) is 0 Å². The number of rotatable bonds is 4. The average Bonchev–Trinajstić information content (AvgIpc) is 2.75. The molecular formula is C19H24N4O3S. The van der Waals surface area contributed by atoms with Crippen molar-refractivity contribution in [1.82, 2.24) is 9.29 Å². The Bertz CT molecular complexity index is 844. The summed E-state index contributed by atoms with van der Waals surface area (Å²) in [5.74, 6) is 0.797. The van der Waals surface area contributed by atoms with Gasteiger partial charge in [0.15, 0.2) is 0 Å². The van der Waals surface area contributed by atoms with Crippen LogP contribution in [0, 0.1) is 0 Å². The summed E-state index contributed by atoms with van der Waals surface area (Å²) in [6.45, 7) is 5.22. The summed E-state index contributed by atoms with van der Waals surface area (Å²) >= 11 is 0. The Morgan fingerprint density at radius 2 is 1.52 bits per heavy atom. The third kappa shape index (κ3) is 3.92. The Kier molecular flexibility index (Phi) is 5.29. The Morgan fingerprint density at radius 1 is 0.815 bits per heavy atom. The minimum absolute atomic E-state index is 0.257. The zero-order valence-electron chi connectivity index (χ0n) is 15.2. The fourth-order valence-electron chi connectivity index (χ4n) is 3.48. The molecule has 0 saturated carbocycles. The number of hydrogen-bond donors (Lipinski definition) is 0. The molecule has 2 aliphatic heterocycles. The van der Waals surface area contributed by atoms with Gasteiger partial charge in [0.1, 0.15) is 10.7 Å². The summed E-state index contributed by atoms with van der Waals surface area (Å²) in [4.78, 5) is 8.96. The van der Waals surface area contributed by atoms with E-state index in [1.165, 1.54) is 6.20 Å². The SMILES string of the molecule is O=S(=O)(c1ccc(N2CCOCC2)nc1)N1CCN(c2ccccc2)CC1. The van der Waals surface area contributed by atoms with Gasteiger partial charge in [0, 0.05) is 51.2 Å². The number of hydrogen-bond acceptors (Lipinski definition) is 6. The molecule has 2 aliphatic rings. The predicted molar refractivity (Wildman–Crippen MR) is 105 cm³/mol. The highest BCUT2D eigenvalue weighted by atomic mass is 32.2. The molecule has 1 aromatic carbocycles. The molecule has 27 heavy (non-hydrogen) atoms. The summed E-state index contributed by atoms with van der Waals surface area (Å²) in [5, 5.41) is 0. The van der Waals surface area contributed by atoms with Crippen LogP contribution in [0.1, 0.15) is 0 Å². The molecule has 2 fully saturated rings. The summed E-state index contributed by atoms with van der Waals surface area (Å²) in [6, 6.07) is 13.5. The molecule has 2 saturated heterocycles. The maximum atomic E-state index is 13.0. The van der Waals surface area contributed by atoms with E-state index in [4.69, 9.17) is 4.74 Å². The summed E-state index contributed by atoms with van der Waals surface area (Å²) in [7, 11) is -3.51. The van der Waals surface area contributed by atoms with Crippen molar-refractivity contribution in [3.8, 4) is 0 Å². The number of pyridine rings is 1. The predicted octanol–water partition coefficient (Wildman–Crippen LogP) is 1.43. The molecule has 0 N–H and O–H groups in total. The minimum atomic E-state index is -3.51. The number of benzene rings is 1. The second kappa shape index (κ2) is 7.84. The smallest absolute Gasteiger partial charge is 0.244 e. The summed E-state index contributed by atoms with van der Waals surface area (Å²) < 4.78 is 32.8. The van der Waals surface area contributed by atoms with Crippen LogP contribution in [-0.2, 0) is 14.8 Å². The van der Waals surface area contributed by atoms with Crippen molar-refractivity contribution >= 4 is 21.5 Å². The van der Waals surface area contributed by atoms with E-state index in [0.717, 1.165) is 24.6 Å². The Labute approximate surface area is 160 Å². The number of anilines is 2. The molecule has 7 nitrogen and oxygen atoms in total. The lowest BCUT2D eigenvalue weighted by molar-refractivity contribution is 0.122. The maximum absolute atomic E-state index is 13.0. The van der Waals surface area contributed by atoms with Gasteiger partial charge in [-0.2, -0.15) is 4.31 Å². The molecule has 0 amide bonds. The van der Waals surface area contributed by atoms with Gasteiger partial charge in [-0.05, 0) is 24.3 Å². The first-order valence-electron chi connectivity index (χ1n) is 9.23. The minimum Gasteiger partial charge on any atom is -0.378 e. The Hall–Kier alpha value is -2.16. The van der Waals surface area contributed by atoms with E-state index in [-0.39, 0.29) is 4.90 Å². The fraction of sp³-hybridized carbons (Fsp3) is 0.421. The number of aromatic nitrogens is 1. The lowest BCUT2D eigenvalue weighted by atomic mass is 10.2. The van der Waals surface area contributed by atoms with E-state index in [0.29, 0.717) is 39.4 Å². The van der Waals surface area contributed by atoms with Crippen LogP contribution in [0.3, 0.4) is 0 Å². The zero-order valence-corrected chi connectivity index (χ0v) is 16.0. The second-order valence-corrected chi connectivity index (χ2v) is 8.62. The van der Waals surface area contributed by atoms with Gasteiger partial charge >= 0.3 is 0 Å². The number of sulfonamides is 1. The molecule has 0 bridgehead atoms. The molecule has 0 atom stereocenters. The summed E-state index contributed by atoms with van der Waals surface area (Å²) in [6.07, 6.45) is 1.48. The van der Waals surface area contributed by atoms with E-state index in [1.807, 2.05) is 18.2 Å². The molecule has 2 aromatic rings. The normalized spacial score (nSPS) is 19.3. The molecule has 0 radical (unpaired) electrons. The van der Waals surface area contributed by atoms with Gasteiger partial charge < -0.3 is 14.5 Å². The molecular weight excluding hydrogens is 364 g/mol. The van der Waals surface area contributed by atoms with Crippen LogP contribution in [-0.4, -0.2) is 70.2 Å². The number of piperazine rings is 1. The van der Waals surface area contributed by atoms with Crippen molar-refractivity contribution < 1.29 is 13.2 Å². The van der Waals surface area contributed by atoms with Crippen molar-refractivity contribution in [3.05, 3.63) is 48.7 Å². The van der Waals surface area contributed by atoms with Gasteiger partial charge in [0.05, 0.1) is 13.2 Å². The van der Waals surface area contributed by atoms with E-state index in [9.17, 15) is 8.42 Å². The van der Waals surface area contributed by atoms with E-state index in [2.05, 4.69) is 26.9 Å².